The van der Waals surface area contributed by atoms with Crippen LogP contribution in [0.5, 0.6) is 17.2 Å². The van der Waals surface area contributed by atoms with E-state index in [0.717, 1.165) is 33.8 Å². The van der Waals surface area contributed by atoms with Crippen LogP contribution in [0.2, 0.25) is 0 Å². The van der Waals surface area contributed by atoms with E-state index in [-0.39, 0.29) is 17.9 Å². The van der Waals surface area contributed by atoms with Gasteiger partial charge in [0.05, 0.1) is 12.6 Å². The maximum absolute atomic E-state index is 13.7. The molecular weight excluding hydrogens is 506 g/mol. The summed E-state index contributed by atoms with van der Waals surface area (Å²) in [4.78, 5) is 32.1. The van der Waals surface area contributed by atoms with Crippen LogP contribution in [0.15, 0.2) is 77.5 Å². The predicted molar refractivity (Wildman–Crippen MR) is 149 cm³/mol. The fourth-order valence-electron chi connectivity index (χ4n) is 5.36. The van der Waals surface area contributed by atoms with Crippen LogP contribution in [0.4, 0.5) is 0 Å². The van der Waals surface area contributed by atoms with Crippen LogP contribution in [-0.4, -0.2) is 41.4 Å². The van der Waals surface area contributed by atoms with Crippen molar-refractivity contribution in [2.45, 2.75) is 38.6 Å². The maximum Gasteiger partial charge on any atom is 0.276 e. The van der Waals surface area contributed by atoms with Gasteiger partial charge in [-0.05, 0) is 84.8 Å². The molecule has 0 radical (unpaired) electrons. The van der Waals surface area contributed by atoms with Crippen molar-refractivity contribution in [3.05, 3.63) is 107 Å². The molecular formula is C32H31N3O5. The fourth-order valence-corrected chi connectivity index (χ4v) is 5.36. The molecule has 8 nitrogen and oxygen atoms in total. The Kier molecular flexibility index (Phi) is 7.23. The molecule has 9 rings (SSSR count). The Morgan fingerprint density at radius 1 is 0.975 bits per heavy atom. The Morgan fingerprint density at radius 2 is 1.82 bits per heavy atom. The van der Waals surface area contributed by atoms with Crippen molar-refractivity contribution < 1.29 is 23.5 Å². The van der Waals surface area contributed by atoms with Gasteiger partial charge < -0.3 is 24.1 Å². The average molecular weight is 538 g/mol. The molecule has 6 heterocycles. The standard InChI is InChI=1S/C32H31N3O5/c1-21-30(34-20-39-21)32(37)35-16-14-23-18-27-11-12-28(23)31(35)24-4-2-5-26(19-24)38-17-3-15-33-29(36)13-8-22-6-9-25(40-27)10-7-22/h2,4-7,9-12,18-20,31H,3,8,13-17H2,1H3,(H,33,36). The molecule has 3 aromatic carbocycles. The number of rotatable bonds is 1. The van der Waals surface area contributed by atoms with E-state index in [0.29, 0.717) is 62.6 Å². The Labute approximate surface area is 232 Å². The number of carbonyl (C=O) groups is 2. The number of amides is 2. The minimum atomic E-state index is -0.336. The normalized spacial score (nSPS) is 17.4. The van der Waals surface area contributed by atoms with Crippen molar-refractivity contribution in [2.75, 3.05) is 19.7 Å². The van der Waals surface area contributed by atoms with Crippen molar-refractivity contribution >= 4 is 11.8 Å². The molecule has 0 fully saturated rings. The van der Waals surface area contributed by atoms with Gasteiger partial charge in [-0.25, -0.2) is 4.98 Å². The summed E-state index contributed by atoms with van der Waals surface area (Å²) in [7, 11) is 0. The number of hydrogen-bond donors (Lipinski definition) is 1. The van der Waals surface area contributed by atoms with Crippen LogP contribution in [0.1, 0.15) is 57.4 Å². The minimum absolute atomic E-state index is 0.0222. The summed E-state index contributed by atoms with van der Waals surface area (Å²) >= 11 is 0. The molecule has 8 heteroatoms. The molecule has 1 aromatic heterocycles. The van der Waals surface area contributed by atoms with Crippen LogP contribution in [-0.2, 0) is 17.6 Å². The highest BCUT2D eigenvalue weighted by Crippen LogP contribution is 2.39. The number of hydrogen-bond acceptors (Lipinski definition) is 6. The van der Waals surface area contributed by atoms with Crippen molar-refractivity contribution in [3.63, 3.8) is 0 Å². The number of aryl methyl sites for hydroxylation is 2. The lowest BCUT2D eigenvalue weighted by molar-refractivity contribution is -0.121. The van der Waals surface area contributed by atoms with E-state index in [4.69, 9.17) is 13.9 Å². The third-order valence-corrected chi connectivity index (χ3v) is 7.44. The number of nitrogens with one attached hydrogen (secondary N) is 1. The van der Waals surface area contributed by atoms with E-state index in [1.165, 1.54) is 6.39 Å². The molecule has 8 bridgehead atoms. The van der Waals surface area contributed by atoms with Gasteiger partial charge in [-0.1, -0.05) is 30.3 Å². The molecule has 0 saturated carbocycles. The first-order valence-corrected chi connectivity index (χ1v) is 13.7. The van der Waals surface area contributed by atoms with Gasteiger partial charge in [-0.3, -0.25) is 9.59 Å². The van der Waals surface area contributed by atoms with E-state index in [1.807, 2.05) is 65.6 Å². The van der Waals surface area contributed by atoms with Crippen molar-refractivity contribution in [2.24, 2.45) is 0 Å². The lowest BCUT2D eigenvalue weighted by Crippen LogP contribution is -2.41. The molecule has 204 valence electrons. The minimum Gasteiger partial charge on any atom is -0.494 e. The smallest absolute Gasteiger partial charge is 0.276 e. The Balaban J connectivity index is 1.38. The fraction of sp³-hybridized carbons (Fsp3) is 0.281. The summed E-state index contributed by atoms with van der Waals surface area (Å²) < 4.78 is 17.6. The SMILES string of the molecule is Cc1ocnc1C(=O)N1CCc2cc3ccc2C1c1cccc(c1)OCCCNC(=O)CCc1ccc(cc1)O3. The number of aromatic nitrogens is 1. The zero-order valence-electron chi connectivity index (χ0n) is 22.4. The molecule has 4 aromatic rings. The first-order valence-electron chi connectivity index (χ1n) is 13.7. The van der Waals surface area contributed by atoms with E-state index in [1.54, 1.807) is 6.92 Å². The quantitative estimate of drug-likeness (QED) is 0.350. The highest BCUT2D eigenvalue weighted by molar-refractivity contribution is 5.94. The number of carbonyl (C=O) groups excluding carboxylic acids is 2. The summed E-state index contributed by atoms with van der Waals surface area (Å²) in [6.45, 7) is 3.28. The highest BCUT2D eigenvalue weighted by Gasteiger charge is 2.34. The molecule has 5 aliphatic rings. The van der Waals surface area contributed by atoms with Crippen molar-refractivity contribution in [3.8, 4) is 17.2 Å². The van der Waals surface area contributed by atoms with Gasteiger partial charge in [0, 0.05) is 19.5 Å². The summed E-state index contributed by atoms with van der Waals surface area (Å²) in [5, 5.41) is 2.97. The molecule has 5 aliphatic heterocycles. The van der Waals surface area contributed by atoms with Crippen LogP contribution in [0.3, 0.4) is 0 Å². The number of oxazole rings is 1. The van der Waals surface area contributed by atoms with Gasteiger partial charge in [0.25, 0.3) is 5.91 Å². The van der Waals surface area contributed by atoms with Crippen molar-refractivity contribution in [1.82, 2.24) is 15.2 Å². The van der Waals surface area contributed by atoms with Crippen LogP contribution in [0.25, 0.3) is 0 Å². The van der Waals surface area contributed by atoms with Crippen LogP contribution >= 0.6 is 0 Å². The van der Waals surface area contributed by atoms with Crippen LogP contribution < -0.4 is 14.8 Å². The first-order chi connectivity index (χ1) is 19.5. The zero-order chi connectivity index (χ0) is 27.5. The van der Waals surface area contributed by atoms with E-state index < -0.39 is 0 Å². The zero-order valence-corrected chi connectivity index (χ0v) is 22.4. The summed E-state index contributed by atoms with van der Waals surface area (Å²) in [6.07, 6.45) is 3.77. The molecule has 0 saturated heterocycles. The second-order valence-electron chi connectivity index (χ2n) is 10.1. The van der Waals surface area contributed by atoms with E-state index >= 15 is 0 Å². The van der Waals surface area contributed by atoms with Crippen molar-refractivity contribution in [1.29, 1.82) is 0 Å². The number of nitrogens with zero attached hydrogens (tertiary/aromatic N) is 2. The largest absolute Gasteiger partial charge is 0.494 e. The second kappa shape index (κ2) is 11.3. The van der Waals surface area contributed by atoms with Gasteiger partial charge in [0.2, 0.25) is 5.91 Å². The summed E-state index contributed by atoms with van der Waals surface area (Å²) in [5.41, 5.74) is 4.51. The summed E-state index contributed by atoms with van der Waals surface area (Å²) in [6, 6.07) is 21.4. The molecule has 2 amide bonds. The van der Waals surface area contributed by atoms with Gasteiger partial charge in [-0.15, -0.1) is 0 Å². The predicted octanol–water partition coefficient (Wildman–Crippen LogP) is 5.39. The van der Waals surface area contributed by atoms with E-state index in [2.05, 4.69) is 16.4 Å². The highest BCUT2D eigenvalue weighted by atomic mass is 16.5. The third kappa shape index (κ3) is 5.43. The maximum atomic E-state index is 13.7. The molecule has 40 heavy (non-hydrogen) atoms. The number of ether oxygens (including phenoxy) is 2. The van der Waals surface area contributed by atoms with Gasteiger partial charge >= 0.3 is 0 Å². The van der Waals surface area contributed by atoms with Gasteiger partial charge in [0.1, 0.15) is 23.0 Å². The Bertz CT molecular complexity index is 1530. The second-order valence-corrected chi connectivity index (χ2v) is 10.1. The lowest BCUT2D eigenvalue weighted by Gasteiger charge is -2.37. The molecule has 1 N–H and O–H groups in total. The number of benzene rings is 3. The van der Waals surface area contributed by atoms with Gasteiger partial charge in [0.15, 0.2) is 12.1 Å². The Hall–Kier alpha value is -4.59. The molecule has 0 spiro atoms. The lowest BCUT2D eigenvalue weighted by atomic mass is 9.87. The van der Waals surface area contributed by atoms with E-state index in [9.17, 15) is 9.59 Å². The summed E-state index contributed by atoms with van der Waals surface area (Å²) in [5.74, 6) is 2.53. The van der Waals surface area contributed by atoms with Gasteiger partial charge in [-0.2, -0.15) is 0 Å². The Morgan fingerprint density at radius 3 is 2.65 bits per heavy atom. The monoisotopic (exact) mass is 537 g/mol. The topological polar surface area (TPSA) is 93.9 Å². The molecule has 1 atom stereocenters. The molecule has 0 aliphatic carbocycles. The van der Waals surface area contributed by atoms with Crippen LogP contribution in [0, 0.1) is 6.92 Å². The molecule has 1 unspecified atom stereocenters. The average Bonchev–Trinajstić information content (AvgIpc) is 3.41. The first kappa shape index (κ1) is 25.7. The third-order valence-electron chi connectivity index (χ3n) is 7.44.